The van der Waals surface area contributed by atoms with E-state index in [2.05, 4.69) is 9.55 Å². The number of ether oxygens (including phenoxy) is 1. The number of carbonyl (C=O) groups excluding carboxylic acids is 1. The van der Waals surface area contributed by atoms with Crippen molar-refractivity contribution in [1.82, 2.24) is 14.5 Å². The molecule has 7 rings (SSSR count). The van der Waals surface area contributed by atoms with Gasteiger partial charge in [0.1, 0.15) is 18.2 Å². The summed E-state index contributed by atoms with van der Waals surface area (Å²) in [7, 11) is 1.75. The highest BCUT2D eigenvalue weighted by atomic mass is 35.5. The number of amides is 1. The number of aromatic nitrogens is 3. The number of pyridine rings is 1. The lowest BCUT2D eigenvalue weighted by Crippen LogP contribution is -2.26. The molecule has 2 aromatic heterocycles. The molecule has 2 heterocycles. The number of benzene rings is 4. The van der Waals surface area contributed by atoms with Crippen molar-refractivity contribution >= 4 is 40.2 Å². The Morgan fingerprint density at radius 1 is 0.857 bits per heavy atom. The second-order valence-electron chi connectivity index (χ2n) is 12.4. The second kappa shape index (κ2) is 13.9. The van der Waals surface area contributed by atoms with Gasteiger partial charge in [0.05, 0.1) is 16.6 Å². The van der Waals surface area contributed by atoms with Crippen LogP contribution in [0, 0.1) is 0 Å². The summed E-state index contributed by atoms with van der Waals surface area (Å²) in [6, 6.07) is 30.2. The lowest BCUT2D eigenvalue weighted by molar-refractivity contribution is 0.0696. The standard InChI is InChI=1S/C40H35ClN4O4/c1-44(32-19-21-42-22-20-32)39(46)28-11-17-35(26-7-13-31(41)14-8-26)30(23-28)25-49-34-15-9-27(10-16-34)38-43-36-24-29(40(47)48)12-18-37(36)45(38)33-5-3-2-4-6-33/h7-24,33H,2-6,25H2,1H3,(H,47,48). The fraction of sp³-hybridized carbons (Fsp3) is 0.200. The molecule has 0 bridgehead atoms. The van der Waals surface area contributed by atoms with Crippen molar-refractivity contribution in [1.29, 1.82) is 0 Å². The molecule has 9 heteroatoms. The number of hydrogen-bond acceptors (Lipinski definition) is 5. The van der Waals surface area contributed by atoms with Crippen LogP contribution in [0.1, 0.15) is 64.4 Å². The molecule has 1 saturated carbocycles. The van der Waals surface area contributed by atoms with E-state index < -0.39 is 5.97 Å². The molecule has 0 spiro atoms. The summed E-state index contributed by atoms with van der Waals surface area (Å²) in [6.07, 6.45) is 9.00. The van der Waals surface area contributed by atoms with Crippen LogP contribution in [0.5, 0.6) is 5.75 Å². The molecule has 0 saturated heterocycles. The summed E-state index contributed by atoms with van der Waals surface area (Å²) in [5, 5.41) is 10.2. The first-order valence-corrected chi connectivity index (χ1v) is 16.8. The van der Waals surface area contributed by atoms with Crippen LogP contribution in [0.4, 0.5) is 5.69 Å². The average molecular weight is 671 g/mol. The minimum absolute atomic E-state index is 0.143. The molecule has 6 aromatic rings. The van der Waals surface area contributed by atoms with Crippen molar-refractivity contribution in [3.63, 3.8) is 0 Å². The number of anilines is 1. The Hall–Kier alpha value is -5.47. The Kier molecular flexibility index (Phi) is 9.13. The number of carbonyl (C=O) groups is 2. The molecule has 0 atom stereocenters. The molecule has 1 aliphatic rings. The van der Waals surface area contributed by atoms with Crippen molar-refractivity contribution in [2.24, 2.45) is 0 Å². The first-order chi connectivity index (χ1) is 23.9. The molecule has 8 nitrogen and oxygen atoms in total. The predicted octanol–water partition coefficient (Wildman–Crippen LogP) is 9.48. The third-order valence-electron chi connectivity index (χ3n) is 9.25. The van der Waals surface area contributed by atoms with E-state index in [1.807, 2.05) is 72.8 Å². The van der Waals surface area contributed by atoms with Gasteiger partial charge in [-0.05, 0) is 108 Å². The smallest absolute Gasteiger partial charge is 0.335 e. The molecule has 49 heavy (non-hydrogen) atoms. The summed E-state index contributed by atoms with van der Waals surface area (Å²) in [4.78, 5) is 35.8. The monoisotopic (exact) mass is 670 g/mol. The van der Waals surface area contributed by atoms with Crippen LogP contribution < -0.4 is 9.64 Å². The van der Waals surface area contributed by atoms with Crippen LogP contribution in [-0.2, 0) is 6.61 Å². The third kappa shape index (κ3) is 6.78. The summed E-state index contributed by atoms with van der Waals surface area (Å²) >= 11 is 6.18. The number of hydrogen-bond donors (Lipinski definition) is 1. The van der Waals surface area contributed by atoms with Gasteiger partial charge in [0.15, 0.2) is 0 Å². The number of nitrogens with zero attached hydrogens (tertiary/aromatic N) is 4. The first kappa shape index (κ1) is 32.1. The van der Waals surface area contributed by atoms with E-state index in [9.17, 15) is 14.7 Å². The van der Waals surface area contributed by atoms with Gasteiger partial charge in [-0.3, -0.25) is 9.78 Å². The molecular formula is C40H35ClN4O4. The summed E-state index contributed by atoms with van der Waals surface area (Å²) < 4.78 is 8.64. The van der Waals surface area contributed by atoms with Crippen molar-refractivity contribution in [2.75, 3.05) is 11.9 Å². The Labute approximate surface area is 289 Å². The summed E-state index contributed by atoms with van der Waals surface area (Å²) in [5.41, 5.74) is 6.84. The predicted molar refractivity (Wildman–Crippen MR) is 192 cm³/mol. The number of fused-ring (bicyclic) bond motifs is 1. The van der Waals surface area contributed by atoms with Crippen LogP contribution in [0.2, 0.25) is 5.02 Å². The second-order valence-corrected chi connectivity index (χ2v) is 12.8. The molecule has 1 fully saturated rings. The van der Waals surface area contributed by atoms with E-state index in [-0.39, 0.29) is 18.1 Å². The Morgan fingerprint density at radius 2 is 1.55 bits per heavy atom. The van der Waals surface area contributed by atoms with Gasteiger partial charge in [0, 0.05) is 47.3 Å². The number of carboxylic acid groups (broad SMARTS) is 1. The zero-order valence-electron chi connectivity index (χ0n) is 27.1. The van der Waals surface area contributed by atoms with Gasteiger partial charge in [-0.1, -0.05) is 49.1 Å². The molecule has 4 aromatic carbocycles. The Bertz CT molecular complexity index is 2120. The van der Waals surface area contributed by atoms with Gasteiger partial charge in [0.2, 0.25) is 0 Å². The highest BCUT2D eigenvalue weighted by molar-refractivity contribution is 6.30. The van der Waals surface area contributed by atoms with Crippen LogP contribution >= 0.6 is 11.6 Å². The van der Waals surface area contributed by atoms with E-state index in [4.69, 9.17) is 21.3 Å². The quantitative estimate of drug-likeness (QED) is 0.165. The fourth-order valence-electron chi connectivity index (χ4n) is 6.64. The maximum Gasteiger partial charge on any atom is 0.335 e. The Balaban J connectivity index is 1.18. The lowest BCUT2D eigenvalue weighted by atomic mass is 9.95. The fourth-order valence-corrected chi connectivity index (χ4v) is 6.77. The first-order valence-electron chi connectivity index (χ1n) is 16.4. The van der Waals surface area contributed by atoms with Crippen LogP contribution in [0.15, 0.2) is 109 Å². The van der Waals surface area contributed by atoms with Crippen molar-refractivity contribution in [3.8, 4) is 28.3 Å². The van der Waals surface area contributed by atoms with Crippen LogP contribution in [0.25, 0.3) is 33.5 Å². The molecule has 0 unspecified atom stereocenters. The molecule has 0 radical (unpaired) electrons. The minimum Gasteiger partial charge on any atom is -0.489 e. The van der Waals surface area contributed by atoms with Crippen LogP contribution in [-0.4, -0.2) is 38.6 Å². The number of rotatable bonds is 9. The van der Waals surface area contributed by atoms with Gasteiger partial charge in [-0.25, -0.2) is 9.78 Å². The van der Waals surface area contributed by atoms with Gasteiger partial charge in [-0.15, -0.1) is 0 Å². The normalized spacial score (nSPS) is 13.3. The molecule has 0 aliphatic heterocycles. The zero-order valence-corrected chi connectivity index (χ0v) is 27.8. The number of aromatic carboxylic acids is 1. The highest BCUT2D eigenvalue weighted by Crippen LogP contribution is 2.37. The number of imidazole rings is 1. The van der Waals surface area contributed by atoms with Gasteiger partial charge in [-0.2, -0.15) is 0 Å². The number of carboxylic acids is 1. The van der Waals surface area contributed by atoms with Gasteiger partial charge < -0.3 is 19.3 Å². The SMILES string of the molecule is CN(C(=O)c1ccc(-c2ccc(Cl)cc2)c(COc2ccc(-c3nc4cc(C(=O)O)ccc4n3C3CCCCC3)cc2)c1)c1ccncc1. The van der Waals surface area contributed by atoms with Crippen molar-refractivity contribution < 1.29 is 19.4 Å². The lowest BCUT2D eigenvalue weighted by Gasteiger charge is -2.25. The minimum atomic E-state index is -0.966. The third-order valence-corrected chi connectivity index (χ3v) is 9.50. The van der Waals surface area contributed by atoms with Gasteiger partial charge in [0.25, 0.3) is 5.91 Å². The average Bonchev–Trinajstić information content (AvgIpc) is 3.53. The Morgan fingerprint density at radius 3 is 2.27 bits per heavy atom. The highest BCUT2D eigenvalue weighted by Gasteiger charge is 2.23. The van der Waals surface area contributed by atoms with E-state index >= 15 is 0 Å². The van der Waals surface area contributed by atoms with Gasteiger partial charge >= 0.3 is 5.97 Å². The largest absolute Gasteiger partial charge is 0.489 e. The molecule has 1 amide bonds. The van der Waals surface area contributed by atoms with Crippen molar-refractivity contribution in [2.45, 2.75) is 44.8 Å². The molecule has 1 N–H and O–H groups in total. The maximum absolute atomic E-state index is 13.5. The molecule has 1 aliphatic carbocycles. The van der Waals surface area contributed by atoms with E-state index in [1.165, 1.54) is 6.42 Å². The zero-order chi connectivity index (χ0) is 33.9. The van der Waals surface area contributed by atoms with Crippen molar-refractivity contribution in [3.05, 3.63) is 131 Å². The van der Waals surface area contributed by atoms with E-state index in [0.29, 0.717) is 27.9 Å². The number of halogens is 1. The summed E-state index contributed by atoms with van der Waals surface area (Å²) in [6.45, 7) is 0.232. The maximum atomic E-state index is 13.5. The molecular weight excluding hydrogens is 636 g/mol. The molecule has 246 valence electrons. The summed E-state index contributed by atoms with van der Waals surface area (Å²) in [5.74, 6) is 0.387. The van der Waals surface area contributed by atoms with Crippen LogP contribution in [0.3, 0.4) is 0 Å². The van der Waals surface area contributed by atoms with E-state index in [1.54, 1.807) is 48.6 Å². The van der Waals surface area contributed by atoms with E-state index in [0.717, 1.165) is 65.0 Å². The topological polar surface area (TPSA) is 97.5 Å².